The normalized spacial score (nSPS) is 19.1. The fourth-order valence-corrected chi connectivity index (χ4v) is 4.71. The van der Waals surface area contributed by atoms with Crippen LogP contribution < -0.4 is 5.32 Å². The van der Waals surface area contributed by atoms with Gasteiger partial charge < -0.3 is 15.2 Å². The van der Waals surface area contributed by atoms with Gasteiger partial charge in [0, 0.05) is 41.5 Å². The Morgan fingerprint density at radius 2 is 1.82 bits per heavy atom. The molecular weight excluding hydrogens is 374 g/mol. The van der Waals surface area contributed by atoms with E-state index in [0.717, 1.165) is 36.6 Å². The van der Waals surface area contributed by atoms with Crippen LogP contribution in [0.2, 0.25) is 5.02 Å². The van der Waals surface area contributed by atoms with Gasteiger partial charge in [0.05, 0.1) is 0 Å². The summed E-state index contributed by atoms with van der Waals surface area (Å²) in [7, 11) is 0. The molecule has 2 N–H and O–H groups in total. The maximum atomic E-state index is 12.8. The molecule has 2 aromatic rings. The summed E-state index contributed by atoms with van der Waals surface area (Å²) in [6.07, 6.45) is 8.34. The van der Waals surface area contributed by atoms with Crippen LogP contribution in [0.15, 0.2) is 24.3 Å². The van der Waals surface area contributed by atoms with E-state index in [0.29, 0.717) is 42.2 Å². The van der Waals surface area contributed by atoms with Gasteiger partial charge in [-0.3, -0.25) is 9.59 Å². The van der Waals surface area contributed by atoms with Gasteiger partial charge in [-0.15, -0.1) is 0 Å². The zero-order valence-electron chi connectivity index (χ0n) is 16.2. The van der Waals surface area contributed by atoms with E-state index in [1.54, 1.807) is 0 Å². The van der Waals surface area contributed by atoms with E-state index in [1.807, 2.05) is 29.2 Å². The Morgan fingerprint density at radius 3 is 2.57 bits per heavy atom. The number of carbonyl (C=O) groups excluding carboxylic acids is 2. The van der Waals surface area contributed by atoms with E-state index >= 15 is 0 Å². The van der Waals surface area contributed by atoms with Crippen molar-refractivity contribution in [3.63, 3.8) is 0 Å². The molecule has 1 aliphatic carbocycles. The second-order valence-electron chi connectivity index (χ2n) is 8.26. The van der Waals surface area contributed by atoms with Gasteiger partial charge in [0.25, 0.3) is 5.91 Å². The van der Waals surface area contributed by atoms with Gasteiger partial charge in [0.2, 0.25) is 5.91 Å². The van der Waals surface area contributed by atoms with Crippen molar-refractivity contribution >= 4 is 34.3 Å². The zero-order valence-corrected chi connectivity index (χ0v) is 16.9. The Balaban J connectivity index is 1.28. The van der Waals surface area contributed by atoms with Crippen LogP contribution in [-0.2, 0) is 4.79 Å². The number of aromatic amines is 1. The van der Waals surface area contributed by atoms with Crippen molar-refractivity contribution in [3.8, 4) is 0 Å². The third-order valence-corrected chi connectivity index (χ3v) is 6.39. The van der Waals surface area contributed by atoms with Crippen LogP contribution in [0.25, 0.3) is 10.9 Å². The van der Waals surface area contributed by atoms with Crippen LogP contribution in [0.3, 0.4) is 0 Å². The molecule has 1 saturated carbocycles. The monoisotopic (exact) mass is 401 g/mol. The summed E-state index contributed by atoms with van der Waals surface area (Å²) < 4.78 is 0. The van der Waals surface area contributed by atoms with E-state index in [-0.39, 0.29) is 11.8 Å². The predicted molar refractivity (Wildman–Crippen MR) is 112 cm³/mol. The molecule has 1 saturated heterocycles. The lowest BCUT2D eigenvalue weighted by Crippen LogP contribution is -2.41. The summed E-state index contributed by atoms with van der Waals surface area (Å²) in [4.78, 5) is 30.2. The smallest absolute Gasteiger partial charge is 0.270 e. The summed E-state index contributed by atoms with van der Waals surface area (Å²) in [5.41, 5.74) is 1.52. The molecule has 6 heteroatoms. The number of amides is 2. The number of hydrogen-bond acceptors (Lipinski definition) is 2. The molecule has 5 nitrogen and oxygen atoms in total. The second-order valence-corrected chi connectivity index (χ2v) is 8.69. The number of piperidine rings is 1. The summed E-state index contributed by atoms with van der Waals surface area (Å²) in [5, 5.41) is 4.82. The van der Waals surface area contributed by atoms with Crippen LogP contribution >= 0.6 is 11.6 Å². The Morgan fingerprint density at radius 1 is 1.07 bits per heavy atom. The largest absolute Gasteiger partial charge is 0.353 e. The molecule has 1 aromatic carbocycles. The third kappa shape index (κ3) is 4.52. The van der Waals surface area contributed by atoms with Gasteiger partial charge in [0.15, 0.2) is 0 Å². The fourth-order valence-electron chi connectivity index (χ4n) is 4.52. The molecule has 0 atom stereocenters. The highest BCUT2D eigenvalue weighted by molar-refractivity contribution is 6.31. The van der Waals surface area contributed by atoms with E-state index < -0.39 is 0 Å². The standard InChI is InChI=1S/C22H28ClN3O2/c23-17-6-7-19-16(13-17)14-20(25-19)22(28)26-10-8-15(9-11-26)12-21(27)24-18-4-2-1-3-5-18/h6-7,13-15,18,25H,1-5,8-12H2,(H,24,27). The predicted octanol–water partition coefficient (Wildman–Crippen LogP) is 4.51. The lowest BCUT2D eigenvalue weighted by Gasteiger charge is -2.32. The molecule has 2 heterocycles. The topological polar surface area (TPSA) is 65.2 Å². The molecule has 1 aliphatic heterocycles. The molecule has 0 spiro atoms. The fraction of sp³-hybridized carbons (Fsp3) is 0.545. The molecule has 2 fully saturated rings. The Hall–Kier alpha value is -2.01. The minimum Gasteiger partial charge on any atom is -0.353 e. The van der Waals surface area contributed by atoms with Crippen molar-refractivity contribution in [1.82, 2.24) is 15.2 Å². The van der Waals surface area contributed by atoms with Crippen LogP contribution in [0.4, 0.5) is 0 Å². The molecule has 4 rings (SSSR count). The first-order valence-corrected chi connectivity index (χ1v) is 10.8. The van der Waals surface area contributed by atoms with Crippen LogP contribution in [-0.4, -0.2) is 40.8 Å². The van der Waals surface area contributed by atoms with Gasteiger partial charge in [-0.2, -0.15) is 0 Å². The first-order chi connectivity index (χ1) is 13.6. The van der Waals surface area contributed by atoms with Crippen molar-refractivity contribution in [1.29, 1.82) is 0 Å². The van der Waals surface area contributed by atoms with Crippen molar-refractivity contribution in [2.45, 2.75) is 57.4 Å². The molecule has 0 unspecified atom stereocenters. The summed E-state index contributed by atoms with van der Waals surface area (Å²) in [6, 6.07) is 7.82. The highest BCUT2D eigenvalue weighted by Crippen LogP contribution is 2.25. The number of H-pyrrole nitrogens is 1. The highest BCUT2D eigenvalue weighted by atomic mass is 35.5. The van der Waals surface area contributed by atoms with Crippen LogP contribution in [0, 0.1) is 5.92 Å². The molecule has 2 amide bonds. The molecule has 0 radical (unpaired) electrons. The summed E-state index contributed by atoms with van der Waals surface area (Å²) in [6.45, 7) is 1.41. The van der Waals surface area contributed by atoms with Gasteiger partial charge in [-0.25, -0.2) is 0 Å². The first kappa shape index (κ1) is 19.3. The van der Waals surface area contributed by atoms with Crippen molar-refractivity contribution < 1.29 is 9.59 Å². The van der Waals surface area contributed by atoms with Gasteiger partial charge >= 0.3 is 0 Å². The number of halogens is 1. The SMILES string of the molecule is O=C(CC1CCN(C(=O)c2cc3cc(Cl)ccc3[nH]2)CC1)NC1CCCCC1. The average molecular weight is 402 g/mol. The van der Waals surface area contributed by atoms with Gasteiger partial charge in [-0.05, 0) is 55.9 Å². The number of aromatic nitrogens is 1. The molecular formula is C22H28ClN3O2. The maximum absolute atomic E-state index is 12.8. The number of rotatable bonds is 4. The number of carbonyl (C=O) groups is 2. The molecule has 150 valence electrons. The lowest BCUT2D eigenvalue weighted by molar-refractivity contribution is -0.123. The quantitative estimate of drug-likeness (QED) is 0.791. The minimum absolute atomic E-state index is 0.0254. The number of hydrogen-bond donors (Lipinski definition) is 2. The number of nitrogens with one attached hydrogen (secondary N) is 2. The van der Waals surface area contributed by atoms with E-state index in [1.165, 1.54) is 19.3 Å². The van der Waals surface area contributed by atoms with Crippen molar-refractivity contribution in [2.24, 2.45) is 5.92 Å². The summed E-state index contributed by atoms with van der Waals surface area (Å²) >= 11 is 6.03. The van der Waals surface area contributed by atoms with E-state index in [9.17, 15) is 9.59 Å². The number of benzene rings is 1. The third-order valence-electron chi connectivity index (χ3n) is 6.16. The molecule has 0 bridgehead atoms. The first-order valence-electron chi connectivity index (χ1n) is 10.5. The zero-order chi connectivity index (χ0) is 19.5. The average Bonchev–Trinajstić information content (AvgIpc) is 3.12. The highest BCUT2D eigenvalue weighted by Gasteiger charge is 2.26. The number of nitrogens with zero attached hydrogens (tertiary/aromatic N) is 1. The Labute approximate surface area is 170 Å². The second kappa shape index (κ2) is 8.56. The summed E-state index contributed by atoms with van der Waals surface area (Å²) in [5.74, 6) is 0.579. The van der Waals surface area contributed by atoms with Gasteiger partial charge in [-0.1, -0.05) is 30.9 Å². The minimum atomic E-state index is 0.0254. The number of likely N-dealkylation sites (tertiary alicyclic amines) is 1. The molecule has 28 heavy (non-hydrogen) atoms. The van der Waals surface area contributed by atoms with Gasteiger partial charge in [0.1, 0.15) is 5.69 Å². The Bertz CT molecular complexity index is 849. The number of fused-ring (bicyclic) bond motifs is 1. The van der Waals surface area contributed by atoms with Crippen molar-refractivity contribution in [2.75, 3.05) is 13.1 Å². The lowest BCUT2D eigenvalue weighted by atomic mass is 9.92. The molecule has 1 aromatic heterocycles. The molecule has 2 aliphatic rings. The van der Waals surface area contributed by atoms with E-state index in [4.69, 9.17) is 11.6 Å². The maximum Gasteiger partial charge on any atom is 0.270 e. The van der Waals surface area contributed by atoms with Crippen LogP contribution in [0.1, 0.15) is 61.9 Å². The van der Waals surface area contributed by atoms with Crippen molar-refractivity contribution in [3.05, 3.63) is 35.0 Å². The van der Waals surface area contributed by atoms with Crippen LogP contribution in [0.5, 0.6) is 0 Å². The Kier molecular flexibility index (Phi) is 5.90. The van der Waals surface area contributed by atoms with E-state index in [2.05, 4.69) is 10.3 Å².